The van der Waals surface area contributed by atoms with Gasteiger partial charge in [0.2, 0.25) is 0 Å². The van der Waals surface area contributed by atoms with Crippen molar-refractivity contribution >= 4 is 0 Å². The van der Waals surface area contributed by atoms with Gasteiger partial charge in [-0.2, -0.15) is 0 Å². The maximum Gasteiger partial charge on any atom is 0.109 e. The molecule has 0 aromatic carbocycles. The third-order valence-corrected chi connectivity index (χ3v) is 2.20. The first-order valence-corrected chi connectivity index (χ1v) is 4.01. The van der Waals surface area contributed by atoms with E-state index in [-0.39, 0.29) is 6.61 Å². The summed E-state index contributed by atoms with van der Waals surface area (Å²) in [7, 11) is 0. The fourth-order valence-corrected chi connectivity index (χ4v) is 1.61. The minimum absolute atomic E-state index is 0.0975. The van der Waals surface area contributed by atoms with Crippen LogP contribution in [0.1, 0.15) is 20.3 Å². The van der Waals surface area contributed by atoms with Crippen LogP contribution in [0, 0.1) is 5.92 Å². The topological polar surface area (TPSA) is 49.7 Å². The molecule has 3 atom stereocenters. The van der Waals surface area contributed by atoms with Gasteiger partial charge in [-0.3, -0.25) is 0 Å². The summed E-state index contributed by atoms with van der Waals surface area (Å²) in [6, 6.07) is 0. The predicted molar refractivity (Wildman–Crippen MR) is 41.2 cm³/mol. The van der Waals surface area contributed by atoms with E-state index >= 15 is 0 Å². The molecule has 0 radical (unpaired) electrons. The number of rotatable bonds is 1. The van der Waals surface area contributed by atoms with Crippen molar-refractivity contribution in [3.05, 3.63) is 0 Å². The molecule has 1 aliphatic heterocycles. The van der Waals surface area contributed by atoms with Crippen molar-refractivity contribution in [2.45, 2.75) is 32.0 Å². The lowest BCUT2D eigenvalue weighted by Crippen LogP contribution is -2.49. The van der Waals surface area contributed by atoms with E-state index in [0.717, 1.165) is 0 Å². The molecule has 1 unspecified atom stereocenters. The maximum absolute atomic E-state index is 9.72. The third kappa shape index (κ3) is 1.92. The van der Waals surface area contributed by atoms with Gasteiger partial charge in [0.25, 0.3) is 0 Å². The standard InChI is InChI=1S/C8H16O3/c1-6-3-8(2,10)7(4-9)11-5-6/h6-7,9-10H,3-5H2,1-2H3/t6-,7-,8?/m1/s1. The van der Waals surface area contributed by atoms with Crippen LogP contribution in [0.15, 0.2) is 0 Å². The molecule has 1 fully saturated rings. The number of ether oxygens (including phenoxy) is 1. The van der Waals surface area contributed by atoms with Gasteiger partial charge in [0.1, 0.15) is 6.10 Å². The molecule has 0 spiro atoms. The van der Waals surface area contributed by atoms with Crippen molar-refractivity contribution in [1.29, 1.82) is 0 Å². The molecule has 0 amide bonds. The van der Waals surface area contributed by atoms with E-state index in [1.54, 1.807) is 6.92 Å². The number of aliphatic hydroxyl groups is 2. The Kier molecular flexibility index (Phi) is 2.52. The largest absolute Gasteiger partial charge is 0.394 e. The fraction of sp³-hybridized carbons (Fsp3) is 1.00. The van der Waals surface area contributed by atoms with E-state index in [1.165, 1.54) is 0 Å². The van der Waals surface area contributed by atoms with Gasteiger partial charge in [-0.25, -0.2) is 0 Å². The number of aliphatic hydroxyl groups excluding tert-OH is 1. The summed E-state index contributed by atoms with van der Waals surface area (Å²) in [6.45, 7) is 4.28. The molecular weight excluding hydrogens is 144 g/mol. The second kappa shape index (κ2) is 3.09. The average Bonchev–Trinajstić information content (AvgIpc) is 1.85. The van der Waals surface area contributed by atoms with E-state index < -0.39 is 11.7 Å². The SMILES string of the molecule is C[C@H]1CO[C@H](CO)C(C)(O)C1. The van der Waals surface area contributed by atoms with E-state index in [4.69, 9.17) is 9.84 Å². The lowest BCUT2D eigenvalue weighted by atomic mass is 9.86. The Morgan fingerprint density at radius 1 is 1.64 bits per heavy atom. The minimum Gasteiger partial charge on any atom is -0.394 e. The molecule has 1 heterocycles. The summed E-state index contributed by atoms with van der Waals surface area (Å²) in [6.07, 6.45) is 0.303. The summed E-state index contributed by atoms with van der Waals surface area (Å²) >= 11 is 0. The Morgan fingerprint density at radius 3 is 2.73 bits per heavy atom. The summed E-state index contributed by atoms with van der Waals surface area (Å²) < 4.78 is 5.25. The Balaban J connectivity index is 2.56. The van der Waals surface area contributed by atoms with Crippen molar-refractivity contribution in [3.63, 3.8) is 0 Å². The quantitative estimate of drug-likeness (QED) is 0.574. The van der Waals surface area contributed by atoms with Gasteiger partial charge in [0.05, 0.1) is 12.2 Å². The zero-order valence-electron chi connectivity index (χ0n) is 7.08. The Morgan fingerprint density at radius 2 is 2.27 bits per heavy atom. The minimum atomic E-state index is -0.855. The lowest BCUT2D eigenvalue weighted by molar-refractivity contribution is -0.166. The van der Waals surface area contributed by atoms with E-state index in [0.29, 0.717) is 18.9 Å². The first-order chi connectivity index (χ1) is 5.06. The van der Waals surface area contributed by atoms with Gasteiger partial charge in [0.15, 0.2) is 0 Å². The summed E-state index contributed by atoms with van der Waals surface area (Å²) in [5.41, 5.74) is -0.855. The molecule has 0 saturated carbocycles. The maximum atomic E-state index is 9.72. The van der Waals surface area contributed by atoms with Gasteiger partial charge in [-0.1, -0.05) is 6.92 Å². The van der Waals surface area contributed by atoms with Crippen LogP contribution in [0.2, 0.25) is 0 Å². The zero-order valence-corrected chi connectivity index (χ0v) is 7.08. The highest BCUT2D eigenvalue weighted by molar-refractivity contribution is 4.87. The molecule has 3 heteroatoms. The molecule has 3 nitrogen and oxygen atoms in total. The molecule has 0 bridgehead atoms. The van der Waals surface area contributed by atoms with Gasteiger partial charge < -0.3 is 14.9 Å². The smallest absolute Gasteiger partial charge is 0.109 e. The number of hydrogen-bond acceptors (Lipinski definition) is 3. The van der Waals surface area contributed by atoms with Gasteiger partial charge in [-0.05, 0) is 19.3 Å². The van der Waals surface area contributed by atoms with Crippen LogP contribution in [-0.2, 0) is 4.74 Å². The summed E-state index contributed by atoms with van der Waals surface area (Å²) in [5, 5.41) is 18.5. The molecule has 1 saturated heterocycles. The number of hydrogen-bond donors (Lipinski definition) is 2. The molecule has 11 heavy (non-hydrogen) atoms. The van der Waals surface area contributed by atoms with Gasteiger partial charge in [0, 0.05) is 6.61 Å². The van der Waals surface area contributed by atoms with Crippen LogP contribution in [0.25, 0.3) is 0 Å². The molecule has 1 rings (SSSR count). The van der Waals surface area contributed by atoms with Crippen LogP contribution in [-0.4, -0.2) is 35.1 Å². The van der Waals surface area contributed by atoms with E-state index in [2.05, 4.69) is 0 Å². The molecule has 0 aliphatic carbocycles. The molecule has 0 aromatic rings. The molecule has 2 N–H and O–H groups in total. The average molecular weight is 160 g/mol. The second-order valence-electron chi connectivity index (χ2n) is 3.67. The van der Waals surface area contributed by atoms with Crippen LogP contribution >= 0.6 is 0 Å². The molecular formula is C8H16O3. The van der Waals surface area contributed by atoms with Crippen LogP contribution in [0.3, 0.4) is 0 Å². The van der Waals surface area contributed by atoms with Gasteiger partial charge >= 0.3 is 0 Å². The predicted octanol–water partition coefficient (Wildman–Crippen LogP) is 0.155. The fourth-order valence-electron chi connectivity index (χ4n) is 1.61. The van der Waals surface area contributed by atoms with Crippen LogP contribution in [0.5, 0.6) is 0 Å². The second-order valence-corrected chi connectivity index (χ2v) is 3.67. The highest BCUT2D eigenvalue weighted by atomic mass is 16.5. The zero-order chi connectivity index (χ0) is 8.48. The van der Waals surface area contributed by atoms with Crippen molar-refractivity contribution < 1.29 is 14.9 Å². The first kappa shape index (κ1) is 8.97. The van der Waals surface area contributed by atoms with E-state index in [1.807, 2.05) is 6.92 Å². The van der Waals surface area contributed by atoms with E-state index in [9.17, 15) is 5.11 Å². The highest BCUT2D eigenvalue weighted by Crippen LogP contribution is 2.27. The van der Waals surface area contributed by atoms with Crippen LogP contribution in [0.4, 0.5) is 0 Å². The molecule has 1 aliphatic rings. The third-order valence-electron chi connectivity index (χ3n) is 2.20. The van der Waals surface area contributed by atoms with Crippen molar-refractivity contribution in [1.82, 2.24) is 0 Å². The first-order valence-electron chi connectivity index (χ1n) is 4.01. The Bertz CT molecular complexity index is 133. The Labute approximate surface area is 67.0 Å². The highest BCUT2D eigenvalue weighted by Gasteiger charge is 2.37. The van der Waals surface area contributed by atoms with Crippen molar-refractivity contribution in [2.24, 2.45) is 5.92 Å². The lowest BCUT2D eigenvalue weighted by Gasteiger charge is -2.38. The van der Waals surface area contributed by atoms with Gasteiger partial charge in [-0.15, -0.1) is 0 Å². The van der Waals surface area contributed by atoms with Crippen LogP contribution < -0.4 is 0 Å². The summed E-state index contributed by atoms with van der Waals surface area (Å²) in [4.78, 5) is 0. The molecule has 66 valence electrons. The van der Waals surface area contributed by atoms with Crippen molar-refractivity contribution in [2.75, 3.05) is 13.2 Å². The summed E-state index contributed by atoms with van der Waals surface area (Å²) in [5.74, 6) is 0.382. The van der Waals surface area contributed by atoms with Crippen molar-refractivity contribution in [3.8, 4) is 0 Å². The normalized spacial score (nSPS) is 45.8. The molecule has 0 aromatic heterocycles. The monoisotopic (exact) mass is 160 g/mol. The Hall–Kier alpha value is -0.120.